The first-order valence-corrected chi connectivity index (χ1v) is 10.1. The number of ether oxygens (including phenoxy) is 1. The number of hydrogen-bond donors (Lipinski definition) is 2. The third-order valence-corrected chi connectivity index (χ3v) is 5.30. The van der Waals surface area contributed by atoms with Crippen molar-refractivity contribution < 1.29 is 24.5 Å². The van der Waals surface area contributed by atoms with Crippen molar-refractivity contribution in [2.24, 2.45) is 11.8 Å². The minimum atomic E-state index is -0.444. The fourth-order valence-electron chi connectivity index (χ4n) is 3.63. The fraction of sp³-hybridized carbons (Fsp3) is 0.810. The van der Waals surface area contributed by atoms with Gasteiger partial charge in [-0.15, -0.1) is 0 Å². The van der Waals surface area contributed by atoms with E-state index in [0.717, 1.165) is 32.1 Å². The van der Waals surface area contributed by atoms with Crippen LogP contribution in [0.25, 0.3) is 0 Å². The molecule has 1 rings (SSSR count). The maximum Gasteiger partial charge on any atom is 0.305 e. The molecule has 150 valence electrons. The molecular weight excluding hydrogens is 332 g/mol. The summed E-state index contributed by atoms with van der Waals surface area (Å²) in [6.45, 7) is 2.14. The van der Waals surface area contributed by atoms with Crippen LogP contribution in [0.2, 0.25) is 0 Å². The fourth-order valence-corrected chi connectivity index (χ4v) is 3.63. The molecule has 0 saturated heterocycles. The lowest BCUT2D eigenvalue weighted by Gasteiger charge is -2.19. The van der Waals surface area contributed by atoms with Crippen LogP contribution < -0.4 is 0 Å². The Labute approximate surface area is 157 Å². The summed E-state index contributed by atoms with van der Waals surface area (Å²) in [7, 11) is 1.36. The van der Waals surface area contributed by atoms with E-state index >= 15 is 0 Å². The number of hydrogen-bond acceptors (Lipinski definition) is 5. The number of aliphatic hydroxyl groups excluding tert-OH is 2. The van der Waals surface area contributed by atoms with E-state index in [9.17, 15) is 19.8 Å². The predicted octanol–water partition coefficient (Wildman–Crippen LogP) is 3.56. The highest BCUT2D eigenvalue weighted by Gasteiger charge is 2.34. The number of esters is 1. The van der Waals surface area contributed by atoms with Crippen LogP contribution in [0.15, 0.2) is 12.2 Å². The molecule has 1 aliphatic carbocycles. The van der Waals surface area contributed by atoms with E-state index in [1.165, 1.54) is 7.11 Å². The Kier molecular flexibility index (Phi) is 11.5. The molecule has 1 aliphatic rings. The molecule has 4 atom stereocenters. The Bertz CT molecular complexity index is 446. The first-order chi connectivity index (χ1) is 12.5. The summed E-state index contributed by atoms with van der Waals surface area (Å²) in [5, 5.41) is 20.2. The van der Waals surface area contributed by atoms with Crippen LogP contribution >= 0.6 is 0 Å². The summed E-state index contributed by atoms with van der Waals surface area (Å²) < 4.78 is 4.59. The third-order valence-electron chi connectivity index (χ3n) is 5.30. The zero-order valence-corrected chi connectivity index (χ0v) is 16.4. The number of unbranched alkanes of at least 4 members (excludes halogenated alkanes) is 3. The van der Waals surface area contributed by atoms with Gasteiger partial charge in [0.15, 0.2) is 0 Å². The Morgan fingerprint density at radius 2 is 1.88 bits per heavy atom. The predicted molar refractivity (Wildman–Crippen MR) is 102 cm³/mol. The molecule has 5 nitrogen and oxygen atoms in total. The number of methoxy groups -OCH3 is 1. The van der Waals surface area contributed by atoms with Gasteiger partial charge in [-0.25, -0.2) is 0 Å². The molecule has 0 unspecified atom stereocenters. The van der Waals surface area contributed by atoms with Gasteiger partial charge in [0, 0.05) is 19.3 Å². The minimum absolute atomic E-state index is 0.0535. The zero-order chi connectivity index (χ0) is 19.4. The van der Waals surface area contributed by atoms with Crippen molar-refractivity contribution in [2.75, 3.05) is 7.11 Å². The number of Topliss-reactive ketones (excluding diaryl/α,β-unsaturated/α-hetero) is 1. The normalized spacial score (nSPS) is 24.1. The molecule has 0 aromatic carbocycles. The molecule has 1 fully saturated rings. The van der Waals surface area contributed by atoms with Crippen LogP contribution in [0.3, 0.4) is 0 Å². The van der Waals surface area contributed by atoms with Crippen LogP contribution in [-0.4, -0.2) is 41.3 Å². The molecule has 26 heavy (non-hydrogen) atoms. The topological polar surface area (TPSA) is 83.8 Å². The van der Waals surface area contributed by atoms with Gasteiger partial charge in [-0.1, -0.05) is 38.3 Å². The molecule has 1 saturated carbocycles. The number of carbonyl (C=O) groups is 2. The summed E-state index contributed by atoms with van der Waals surface area (Å²) in [5.41, 5.74) is 0. The van der Waals surface area contributed by atoms with Crippen molar-refractivity contribution in [2.45, 2.75) is 89.8 Å². The average molecular weight is 369 g/mol. The van der Waals surface area contributed by atoms with Gasteiger partial charge in [0.05, 0.1) is 19.3 Å². The van der Waals surface area contributed by atoms with Crippen molar-refractivity contribution in [1.29, 1.82) is 0 Å². The maximum absolute atomic E-state index is 12.2. The maximum atomic E-state index is 12.2. The Hall–Kier alpha value is -1.20. The third kappa shape index (κ3) is 8.95. The first kappa shape index (κ1) is 22.8. The molecule has 0 spiro atoms. The lowest BCUT2D eigenvalue weighted by Crippen LogP contribution is -2.22. The zero-order valence-electron chi connectivity index (χ0n) is 16.4. The summed E-state index contributed by atoms with van der Waals surface area (Å²) in [4.78, 5) is 23.3. The second kappa shape index (κ2) is 13.0. The van der Waals surface area contributed by atoms with E-state index in [0.29, 0.717) is 38.5 Å². The summed E-state index contributed by atoms with van der Waals surface area (Å²) in [6, 6.07) is 0. The second-order valence-electron chi connectivity index (χ2n) is 7.45. The van der Waals surface area contributed by atoms with E-state index in [2.05, 4.69) is 11.7 Å². The lowest BCUT2D eigenvalue weighted by molar-refractivity contribution is -0.140. The monoisotopic (exact) mass is 368 g/mol. The highest BCUT2D eigenvalue weighted by molar-refractivity contribution is 5.78. The number of allylic oxidation sites excluding steroid dienone is 1. The Morgan fingerprint density at radius 1 is 1.15 bits per heavy atom. The summed E-state index contributed by atoms with van der Waals surface area (Å²) >= 11 is 0. The Morgan fingerprint density at radius 3 is 2.58 bits per heavy atom. The van der Waals surface area contributed by atoms with Gasteiger partial charge in [0.25, 0.3) is 0 Å². The van der Waals surface area contributed by atoms with E-state index in [1.54, 1.807) is 0 Å². The highest BCUT2D eigenvalue weighted by atomic mass is 16.5. The van der Waals surface area contributed by atoms with E-state index in [1.807, 2.05) is 12.2 Å². The molecule has 0 aromatic rings. The van der Waals surface area contributed by atoms with Crippen LogP contribution in [0.4, 0.5) is 0 Å². The van der Waals surface area contributed by atoms with Crippen molar-refractivity contribution in [3.05, 3.63) is 12.2 Å². The highest BCUT2D eigenvalue weighted by Crippen LogP contribution is 2.36. The number of rotatable bonds is 13. The van der Waals surface area contributed by atoms with Crippen LogP contribution in [-0.2, 0) is 14.3 Å². The van der Waals surface area contributed by atoms with Crippen molar-refractivity contribution in [3.63, 3.8) is 0 Å². The SMILES string of the molecule is CCCCC[C@H](O)/C=C/[C@H]1CC[C@H](O)[C@@H]1CC(=O)CCCCC(=O)OC. The molecule has 0 heterocycles. The van der Waals surface area contributed by atoms with Crippen molar-refractivity contribution in [3.8, 4) is 0 Å². The minimum Gasteiger partial charge on any atom is -0.469 e. The van der Waals surface area contributed by atoms with Gasteiger partial charge < -0.3 is 14.9 Å². The molecule has 0 aliphatic heterocycles. The van der Waals surface area contributed by atoms with Gasteiger partial charge in [-0.2, -0.15) is 0 Å². The van der Waals surface area contributed by atoms with Gasteiger partial charge in [0.1, 0.15) is 5.78 Å². The van der Waals surface area contributed by atoms with Gasteiger partial charge in [0.2, 0.25) is 0 Å². The van der Waals surface area contributed by atoms with Crippen LogP contribution in [0, 0.1) is 11.8 Å². The largest absolute Gasteiger partial charge is 0.469 e. The second-order valence-corrected chi connectivity index (χ2v) is 7.45. The van der Waals surface area contributed by atoms with Crippen molar-refractivity contribution >= 4 is 11.8 Å². The molecule has 0 amide bonds. The molecule has 0 radical (unpaired) electrons. The molecule has 0 aromatic heterocycles. The summed E-state index contributed by atoms with van der Waals surface area (Å²) in [6.07, 6.45) is 11.1. The number of aliphatic hydroxyl groups is 2. The van der Waals surface area contributed by atoms with Crippen LogP contribution in [0.1, 0.15) is 77.6 Å². The molecule has 0 bridgehead atoms. The van der Waals surface area contributed by atoms with Gasteiger partial charge in [-0.3, -0.25) is 9.59 Å². The van der Waals surface area contributed by atoms with Gasteiger partial charge >= 0.3 is 5.97 Å². The van der Waals surface area contributed by atoms with Crippen molar-refractivity contribution in [1.82, 2.24) is 0 Å². The standard InChI is InChI=1S/C21H36O5/c1-3-4-5-8-17(22)13-11-16-12-14-20(24)19(16)15-18(23)9-6-7-10-21(25)26-2/h11,13,16-17,19-20,22,24H,3-10,12,14-15H2,1-2H3/b13-11+/t16-,17-,19+,20-/m0/s1. The average Bonchev–Trinajstić information content (AvgIpc) is 2.96. The first-order valence-electron chi connectivity index (χ1n) is 10.1. The molecule has 5 heteroatoms. The summed E-state index contributed by atoms with van der Waals surface area (Å²) in [5.74, 6) is 0.00103. The van der Waals surface area contributed by atoms with E-state index < -0.39 is 12.2 Å². The van der Waals surface area contributed by atoms with E-state index in [4.69, 9.17) is 0 Å². The lowest BCUT2D eigenvalue weighted by atomic mass is 9.88. The number of carbonyl (C=O) groups excluding carboxylic acids is 2. The van der Waals surface area contributed by atoms with Crippen LogP contribution in [0.5, 0.6) is 0 Å². The molecule has 2 N–H and O–H groups in total. The quantitative estimate of drug-likeness (QED) is 0.295. The molecular formula is C21H36O5. The Balaban J connectivity index is 2.37. The number of ketones is 1. The smallest absolute Gasteiger partial charge is 0.305 e. The van der Waals surface area contributed by atoms with E-state index in [-0.39, 0.29) is 23.6 Å². The van der Waals surface area contributed by atoms with Gasteiger partial charge in [-0.05, 0) is 43.9 Å².